The van der Waals surface area contributed by atoms with Gasteiger partial charge in [0.05, 0.1) is 24.0 Å². The summed E-state index contributed by atoms with van der Waals surface area (Å²) in [5.74, 6) is -0.0857. The highest BCUT2D eigenvalue weighted by Crippen LogP contribution is 2.49. The molecule has 5 rings (SSSR count). The Labute approximate surface area is 227 Å². The Bertz CT molecular complexity index is 1380. The number of rotatable bonds is 5. The maximum atomic E-state index is 13.7. The van der Waals surface area contributed by atoms with Gasteiger partial charge in [0.15, 0.2) is 5.78 Å². The van der Waals surface area contributed by atoms with Crippen LogP contribution in [0.1, 0.15) is 43.9 Å². The Kier molecular flexibility index (Phi) is 7.02. The summed E-state index contributed by atoms with van der Waals surface area (Å²) in [7, 11) is 0. The molecule has 0 bridgehead atoms. The molecular weight excluding hydrogens is 505 g/mol. The lowest BCUT2D eigenvalue weighted by atomic mass is 9.73. The molecular formula is C30H29Cl2N3O2. The number of benzene rings is 3. The Morgan fingerprint density at radius 3 is 2.46 bits per heavy atom. The van der Waals surface area contributed by atoms with Crippen molar-refractivity contribution in [2.75, 3.05) is 16.8 Å². The molecule has 0 saturated carbocycles. The zero-order valence-electron chi connectivity index (χ0n) is 20.9. The molecule has 3 aromatic carbocycles. The molecule has 1 aliphatic carbocycles. The predicted octanol–water partition coefficient (Wildman–Crippen LogP) is 6.93. The highest BCUT2D eigenvalue weighted by molar-refractivity contribution is 6.31. The monoisotopic (exact) mass is 533 g/mol. The van der Waals surface area contributed by atoms with Crippen LogP contribution >= 0.6 is 23.2 Å². The number of anilines is 2. The van der Waals surface area contributed by atoms with Gasteiger partial charge < -0.3 is 15.5 Å². The largest absolute Gasteiger partial charge is 0.357 e. The lowest BCUT2D eigenvalue weighted by Crippen LogP contribution is -2.42. The lowest BCUT2D eigenvalue weighted by Gasteiger charge is -2.38. The zero-order valence-corrected chi connectivity index (χ0v) is 22.4. The average molecular weight is 534 g/mol. The Morgan fingerprint density at radius 2 is 1.70 bits per heavy atom. The first-order chi connectivity index (χ1) is 17.7. The van der Waals surface area contributed by atoms with Gasteiger partial charge >= 0.3 is 0 Å². The van der Waals surface area contributed by atoms with E-state index in [4.69, 9.17) is 23.2 Å². The lowest BCUT2D eigenvalue weighted by molar-refractivity contribution is -0.120. The third-order valence-electron chi connectivity index (χ3n) is 6.92. The van der Waals surface area contributed by atoms with Gasteiger partial charge in [-0.2, -0.15) is 0 Å². The van der Waals surface area contributed by atoms with Gasteiger partial charge in [-0.1, -0.05) is 79.5 Å². The van der Waals surface area contributed by atoms with Gasteiger partial charge in [-0.05, 0) is 53.3 Å². The number of ketones is 1. The summed E-state index contributed by atoms with van der Waals surface area (Å²) >= 11 is 12.7. The van der Waals surface area contributed by atoms with Crippen LogP contribution in [0, 0.1) is 5.41 Å². The van der Waals surface area contributed by atoms with Gasteiger partial charge in [-0.15, -0.1) is 0 Å². The van der Waals surface area contributed by atoms with Crippen molar-refractivity contribution in [1.82, 2.24) is 5.32 Å². The van der Waals surface area contributed by atoms with Crippen LogP contribution in [0.5, 0.6) is 0 Å². The summed E-state index contributed by atoms with van der Waals surface area (Å²) in [6, 6.07) is 22.3. The molecule has 190 valence electrons. The molecule has 0 aromatic heterocycles. The van der Waals surface area contributed by atoms with E-state index in [1.807, 2.05) is 65.6 Å². The summed E-state index contributed by atoms with van der Waals surface area (Å²) < 4.78 is 0. The van der Waals surface area contributed by atoms with E-state index in [0.29, 0.717) is 28.6 Å². The van der Waals surface area contributed by atoms with E-state index in [9.17, 15) is 9.59 Å². The fraction of sp³-hybridized carbons (Fsp3) is 0.267. The zero-order chi connectivity index (χ0) is 26.2. The average Bonchev–Trinajstić information content (AvgIpc) is 2.98. The number of halogens is 2. The van der Waals surface area contributed by atoms with Gasteiger partial charge in [0, 0.05) is 34.3 Å². The number of hydrogen-bond acceptors (Lipinski definition) is 4. The van der Waals surface area contributed by atoms with Gasteiger partial charge in [-0.3, -0.25) is 9.59 Å². The standard InChI is InChI=1S/C30H29Cl2N3O2/c1-30(2)15-24-28(26(36)16-30)29(21-7-3-4-8-22(21)32)35(25-10-6-5-9-23(25)34-24)18-27(37)33-17-19-11-13-20(31)14-12-19/h3-14,29,34H,15-18H2,1-2H3,(H,33,37). The molecule has 3 aromatic rings. The number of amides is 1. The van der Waals surface area contributed by atoms with Crippen LogP contribution in [0.2, 0.25) is 10.0 Å². The predicted molar refractivity (Wildman–Crippen MR) is 150 cm³/mol. The van der Waals surface area contributed by atoms with Crippen LogP contribution in [0.4, 0.5) is 11.4 Å². The normalized spacial score (nSPS) is 18.4. The smallest absolute Gasteiger partial charge is 0.239 e. The molecule has 1 heterocycles. The highest BCUT2D eigenvalue weighted by atomic mass is 35.5. The van der Waals surface area contributed by atoms with Crippen molar-refractivity contribution >= 4 is 46.3 Å². The molecule has 7 heteroatoms. The third kappa shape index (κ3) is 5.39. The van der Waals surface area contributed by atoms with Gasteiger partial charge in [-0.25, -0.2) is 0 Å². The molecule has 1 unspecified atom stereocenters. The molecule has 2 N–H and O–H groups in total. The first kappa shape index (κ1) is 25.4. The van der Waals surface area contributed by atoms with Crippen molar-refractivity contribution in [2.45, 2.75) is 39.3 Å². The number of carbonyl (C=O) groups is 2. The third-order valence-corrected chi connectivity index (χ3v) is 7.52. The van der Waals surface area contributed by atoms with Crippen LogP contribution in [0.3, 0.4) is 0 Å². The minimum absolute atomic E-state index is 0.0512. The molecule has 1 amide bonds. The minimum atomic E-state index is -0.510. The maximum Gasteiger partial charge on any atom is 0.239 e. The van der Waals surface area contributed by atoms with Crippen molar-refractivity contribution in [3.8, 4) is 0 Å². The summed E-state index contributed by atoms with van der Waals surface area (Å²) in [6.45, 7) is 4.65. The number of para-hydroxylation sites is 2. The van der Waals surface area contributed by atoms with Crippen molar-refractivity contribution in [2.24, 2.45) is 5.41 Å². The van der Waals surface area contributed by atoms with Crippen LogP contribution < -0.4 is 15.5 Å². The number of nitrogens with zero attached hydrogens (tertiary/aromatic N) is 1. The molecule has 0 radical (unpaired) electrons. The fourth-order valence-electron chi connectivity index (χ4n) is 5.26. The topological polar surface area (TPSA) is 61.4 Å². The van der Waals surface area contributed by atoms with E-state index >= 15 is 0 Å². The molecule has 1 aliphatic heterocycles. The van der Waals surface area contributed by atoms with E-state index in [-0.39, 0.29) is 23.7 Å². The molecule has 0 fully saturated rings. The summed E-state index contributed by atoms with van der Waals surface area (Å²) in [4.78, 5) is 29.1. The van der Waals surface area contributed by atoms with Gasteiger partial charge in [0.25, 0.3) is 0 Å². The number of allylic oxidation sites excluding steroid dienone is 1. The number of hydrogen-bond donors (Lipinski definition) is 2. The van der Waals surface area contributed by atoms with Crippen molar-refractivity contribution in [1.29, 1.82) is 0 Å². The van der Waals surface area contributed by atoms with E-state index < -0.39 is 6.04 Å². The molecule has 5 nitrogen and oxygen atoms in total. The minimum Gasteiger partial charge on any atom is -0.357 e. The van der Waals surface area contributed by atoms with E-state index in [1.165, 1.54) is 0 Å². The number of fused-ring (bicyclic) bond motifs is 1. The van der Waals surface area contributed by atoms with E-state index in [1.54, 1.807) is 12.1 Å². The fourth-order valence-corrected chi connectivity index (χ4v) is 5.63. The molecule has 1 atom stereocenters. The molecule has 37 heavy (non-hydrogen) atoms. The Balaban J connectivity index is 1.57. The van der Waals surface area contributed by atoms with Crippen LogP contribution in [-0.4, -0.2) is 18.2 Å². The van der Waals surface area contributed by atoms with Crippen molar-refractivity contribution < 1.29 is 9.59 Å². The maximum absolute atomic E-state index is 13.7. The van der Waals surface area contributed by atoms with Crippen LogP contribution in [-0.2, 0) is 16.1 Å². The second-order valence-corrected chi connectivity index (χ2v) is 11.3. The Morgan fingerprint density at radius 1 is 1.00 bits per heavy atom. The second-order valence-electron chi connectivity index (χ2n) is 10.4. The summed E-state index contributed by atoms with van der Waals surface area (Å²) in [5, 5.41) is 7.79. The van der Waals surface area contributed by atoms with Crippen molar-refractivity contribution in [3.05, 3.63) is 105 Å². The van der Waals surface area contributed by atoms with E-state index in [0.717, 1.165) is 34.6 Å². The first-order valence-electron chi connectivity index (χ1n) is 12.4. The first-order valence-corrected chi connectivity index (χ1v) is 13.1. The highest BCUT2D eigenvalue weighted by Gasteiger charge is 2.42. The van der Waals surface area contributed by atoms with Crippen LogP contribution in [0.25, 0.3) is 0 Å². The SMILES string of the molecule is CC1(C)CC(=O)C2=C(C1)Nc1ccccc1N(CC(=O)NCc1ccc(Cl)cc1)C2c1ccccc1Cl. The quantitative estimate of drug-likeness (QED) is 0.373. The molecule has 2 aliphatic rings. The number of Topliss-reactive ketones (excluding diaryl/α,β-unsaturated/α-hetero) is 1. The molecule has 0 spiro atoms. The van der Waals surface area contributed by atoms with Crippen molar-refractivity contribution in [3.63, 3.8) is 0 Å². The van der Waals surface area contributed by atoms with Crippen LogP contribution in [0.15, 0.2) is 84.1 Å². The Hall–Kier alpha value is -3.28. The summed E-state index contributed by atoms with van der Waals surface area (Å²) in [5.41, 5.74) is 4.85. The van der Waals surface area contributed by atoms with Gasteiger partial charge in [0.1, 0.15) is 0 Å². The second kappa shape index (κ2) is 10.2. The number of nitrogens with one attached hydrogen (secondary N) is 2. The van der Waals surface area contributed by atoms with E-state index in [2.05, 4.69) is 24.5 Å². The molecule has 0 saturated heterocycles. The summed E-state index contributed by atoms with van der Waals surface area (Å²) in [6.07, 6.45) is 1.15. The number of carbonyl (C=O) groups excluding carboxylic acids is 2. The van der Waals surface area contributed by atoms with Gasteiger partial charge in [0.2, 0.25) is 5.91 Å².